The lowest BCUT2D eigenvalue weighted by Crippen LogP contribution is -2.06. The number of nitrogens with zero attached hydrogens (tertiary/aromatic N) is 4. The highest BCUT2D eigenvalue weighted by atomic mass is 35.5. The maximum atomic E-state index is 6.28. The molecule has 0 aliphatic rings. The Balaban J connectivity index is 2.14. The summed E-state index contributed by atoms with van der Waals surface area (Å²) in [4.78, 5) is 4.63. The van der Waals surface area contributed by atoms with Crippen molar-refractivity contribution in [1.29, 1.82) is 0 Å². The summed E-state index contributed by atoms with van der Waals surface area (Å²) < 4.78 is 9.19. The Hall–Kier alpha value is -2.01. The van der Waals surface area contributed by atoms with Crippen molar-refractivity contribution in [1.82, 2.24) is 19.3 Å². The quantitative estimate of drug-likeness (QED) is 0.696. The van der Waals surface area contributed by atoms with Crippen LogP contribution in [0.3, 0.4) is 0 Å². The van der Waals surface area contributed by atoms with Gasteiger partial charge < -0.3 is 9.30 Å². The van der Waals surface area contributed by atoms with Gasteiger partial charge >= 0.3 is 0 Å². The number of ether oxygens (including phenoxy) is 1. The van der Waals surface area contributed by atoms with E-state index in [9.17, 15) is 0 Å². The first-order valence-corrected chi connectivity index (χ1v) is 7.19. The molecular weight excluding hydrogens is 288 g/mol. The standard InChI is InChI=1S/C15H17ClN4O/c1-10(16)15-17-13-5-4-12(21-3)8-14(13)20(15)9-11-6-7-19(2)18-11/h4-8,10H,9H2,1-3H3. The van der Waals surface area contributed by atoms with Crippen LogP contribution in [0.5, 0.6) is 5.75 Å². The minimum atomic E-state index is -0.174. The third kappa shape index (κ3) is 2.61. The van der Waals surface area contributed by atoms with Gasteiger partial charge in [0.25, 0.3) is 0 Å². The lowest BCUT2D eigenvalue weighted by atomic mass is 10.3. The van der Waals surface area contributed by atoms with E-state index in [1.807, 2.05) is 44.4 Å². The number of hydrogen-bond donors (Lipinski definition) is 0. The highest BCUT2D eigenvalue weighted by molar-refractivity contribution is 6.20. The van der Waals surface area contributed by atoms with E-state index in [0.717, 1.165) is 28.3 Å². The lowest BCUT2D eigenvalue weighted by Gasteiger charge is -2.09. The summed E-state index contributed by atoms with van der Waals surface area (Å²) in [5, 5.41) is 4.26. The molecule has 0 saturated carbocycles. The van der Waals surface area contributed by atoms with Crippen molar-refractivity contribution in [2.75, 3.05) is 7.11 Å². The van der Waals surface area contributed by atoms with Gasteiger partial charge in [0.2, 0.25) is 0 Å². The van der Waals surface area contributed by atoms with E-state index in [4.69, 9.17) is 16.3 Å². The van der Waals surface area contributed by atoms with E-state index in [0.29, 0.717) is 6.54 Å². The normalized spacial score (nSPS) is 12.8. The number of alkyl halides is 1. The van der Waals surface area contributed by atoms with Crippen LogP contribution in [0.25, 0.3) is 11.0 Å². The molecule has 110 valence electrons. The molecule has 3 rings (SSSR count). The first kappa shape index (κ1) is 13.9. The summed E-state index contributed by atoms with van der Waals surface area (Å²) in [7, 11) is 3.56. The molecule has 1 aromatic carbocycles. The van der Waals surface area contributed by atoms with Crippen molar-refractivity contribution in [2.24, 2.45) is 7.05 Å². The number of rotatable bonds is 4. The summed E-state index contributed by atoms with van der Waals surface area (Å²) in [6, 6.07) is 7.83. The second-order valence-corrected chi connectivity index (χ2v) is 5.66. The van der Waals surface area contributed by atoms with Gasteiger partial charge in [0, 0.05) is 19.3 Å². The fourth-order valence-corrected chi connectivity index (χ4v) is 2.59. The van der Waals surface area contributed by atoms with Crippen molar-refractivity contribution in [2.45, 2.75) is 18.8 Å². The molecule has 0 spiro atoms. The van der Waals surface area contributed by atoms with Crippen molar-refractivity contribution in [3.05, 3.63) is 42.0 Å². The van der Waals surface area contributed by atoms with E-state index < -0.39 is 0 Å². The van der Waals surface area contributed by atoms with Gasteiger partial charge in [-0.2, -0.15) is 5.10 Å². The molecule has 1 unspecified atom stereocenters. The van der Waals surface area contributed by atoms with Crippen molar-refractivity contribution < 1.29 is 4.74 Å². The Bertz CT molecular complexity index is 775. The molecule has 0 fully saturated rings. The second-order valence-electron chi connectivity index (χ2n) is 5.01. The molecule has 1 atom stereocenters. The zero-order valence-corrected chi connectivity index (χ0v) is 13.0. The summed E-state index contributed by atoms with van der Waals surface area (Å²) in [6.45, 7) is 2.56. The highest BCUT2D eigenvalue weighted by Crippen LogP contribution is 2.27. The van der Waals surface area contributed by atoms with Gasteiger partial charge in [-0.3, -0.25) is 4.68 Å². The van der Waals surface area contributed by atoms with Crippen LogP contribution in [0.4, 0.5) is 0 Å². The first-order chi connectivity index (χ1) is 10.1. The molecule has 0 bridgehead atoms. The highest BCUT2D eigenvalue weighted by Gasteiger charge is 2.16. The molecule has 6 heteroatoms. The van der Waals surface area contributed by atoms with Gasteiger partial charge in [0.05, 0.1) is 35.8 Å². The van der Waals surface area contributed by atoms with Gasteiger partial charge in [0.1, 0.15) is 11.6 Å². The van der Waals surface area contributed by atoms with Crippen LogP contribution in [0, 0.1) is 0 Å². The number of methoxy groups -OCH3 is 1. The van der Waals surface area contributed by atoms with Crippen LogP contribution in [-0.4, -0.2) is 26.4 Å². The number of imidazole rings is 1. The monoisotopic (exact) mass is 304 g/mol. The van der Waals surface area contributed by atoms with Gasteiger partial charge in [-0.15, -0.1) is 11.6 Å². The fraction of sp³-hybridized carbons (Fsp3) is 0.333. The topological polar surface area (TPSA) is 44.9 Å². The molecule has 0 amide bonds. The number of aromatic nitrogens is 4. The van der Waals surface area contributed by atoms with E-state index in [1.54, 1.807) is 11.8 Å². The largest absolute Gasteiger partial charge is 0.497 e. The molecule has 0 N–H and O–H groups in total. The van der Waals surface area contributed by atoms with Crippen LogP contribution in [0.1, 0.15) is 23.8 Å². The Morgan fingerprint density at radius 3 is 2.76 bits per heavy atom. The SMILES string of the molecule is COc1ccc2nc(C(C)Cl)n(Cc3ccn(C)n3)c2c1. The molecular formula is C15H17ClN4O. The predicted molar refractivity (Wildman–Crippen MR) is 82.9 cm³/mol. The number of hydrogen-bond acceptors (Lipinski definition) is 3. The van der Waals surface area contributed by atoms with Crippen LogP contribution < -0.4 is 4.74 Å². The van der Waals surface area contributed by atoms with Crippen molar-refractivity contribution in [3.8, 4) is 5.75 Å². The number of aryl methyl sites for hydroxylation is 1. The Morgan fingerprint density at radius 1 is 1.33 bits per heavy atom. The van der Waals surface area contributed by atoms with Crippen LogP contribution in [0.2, 0.25) is 0 Å². The molecule has 21 heavy (non-hydrogen) atoms. The minimum absolute atomic E-state index is 0.174. The summed E-state index contributed by atoms with van der Waals surface area (Å²) in [5.41, 5.74) is 2.88. The van der Waals surface area contributed by atoms with E-state index >= 15 is 0 Å². The van der Waals surface area contributed by atoms with Crippen molar-refractivity contribution in [3.63, 3.8) is 0 Å². The molecule has 2 aromatic heterocycles. The molecule has 0 aliphatic heterocycles. The van der Waals surface area contributed by atoms with Gasteiger partial charge in [-0.1, -0.05) is 0 Å². The number of halogens is 1. The fourth-order valence-electron chi connectivity index (χ4n) is 2.43. The van der Waals surface area contributed by atoms with Crippen LogP contribution in [-0.2, 0) is 13.6 Å². The third-order valence-electron chi connectivity index (χ3n) is 3.43. The zero-order chi connectivity index (χ0) is 15.0. The lowest BCUT2D eigenvalue weighted by molar-refractivity contribution is 0.415. The Labute approximate surface area is 128 Å². The molecule has 0 aliphatic carbocycles. The predicted octanol–water partition coefficient (Wildman–Crippen LogP) is 3.13. The van der Waals surface area contributed by atoms with Gasteiger partial charge in [-0.05, 0) is 25.1 Å². The minimum Gasteiger partial charge on any atom is -0.497 e. The first-order valence-electron chi connectivity index (χ1n) is 6.75. The van der Waals surface area contributed by atoms with Gasteiger partial charge in [-0.25, -0.2) is 4.98 Å². The summed E-state index contributed by atoms with van der Waals surface area (Å²) >= 11 is 6.28. The summed E-state index contributed by atoms with van der Waals surface area (Å²) in [5.74, 6) is 1.64. The third-order valence-corrected chi connectivity index (χ3v) is 3.62. The summed E-state index contributed by atoms with van der Waals surface area (Å²) in [6.07, 6.45) is 1.93. The molecule has 2 heterocycles. The maximum absolute atomic E-state index is 6.28. The van der Waals surface area contributed by atoms with E-state index in [-0.39, 0.29) is 5.38 Å². The van der Waals surface area contributed by atoms with E-state index in [2.05, 4.69) is 14.6 Å². The second kappa shape index (κ2) is 5.41. The van der Waals surface area contributed by atoms with E-state index in [1.165, 1.54) is 0 Å². The molecule has 0 radical (unpaired) electrons. The number of fused-ring (bicyclic) bond motifs is 1. The van der Waals surface area contributed by atoms with Crippen LogP contribution in [0.15, 0.2) is 30.5 Å². The molecule has 0 saturated heterocycles. The zero-order valence-electron chi connectivity index (χ0n) is 12.2. The average molecular weight is 305 g/mol. The average Bonchev–Trinajstić information content (AvgIpc) is 3.03. The Morgan fingerprint density at radius 2 is 2.14 bits per heavy atom. The van der Waals surface area contributed by atoms with Crippen molar-refractivity contribution >= 4 is 22.6 Å². The van der Waals surface area contributed by atoms with Gasteiger partial charge in [0.15, 0.2) is 0 Å². The number of benzene rings is 1. The maximum Gasteiger partial charge on any atom is 0.128 e. The molecule has 5 nitrogen and oxygen atoms in total. The molecule has 3 aromatic rings. The smallest absolute Gasteiger partial charge is 0.128 e. The van der Waals surface area contributed by atoms with Crippen LogP contribution >= 0.6 is 11.6 Å². The Kier molecular flexibility index (Phi) is 3.59.